The Bertz CT molecular complexity index is 564. The lowest BCUT2D eigenvalue weighted by atomic mass is 10.3. The Hall–Kier alpha value is -1.61. The highest BCUT2D eigenvalue weighted by atomic mass is 32.2. The number of ether oxygens (including phenoxy) is 1. The third kappa shape index (κ3) is 4.87. The fraction of sp³-hybridized carbons (Fsp3) is 0.400. The van der Waals surface area contributed by atoms with Gasteiger partial charge in [-0.25, -0.2) is 8.42 Å². The number of anilines is 1. The van der Waals surface area contributed by atoms with E-state index in [0.29, 0.717) is 0 Å². The van der Waals surface area contributed by atoms with E-state index in [0.717, 1.165) is 11.3 Å². The fourth-order valence-corrected chi connectivity index (χ4v) is 3.51. The summed E-state index contributed by atoms with van der Waals surface area (Å²) in [6, 6.07) is 1.44. The Labute approximate surface area is 114 Å². The first-order chi connectivity index (χ1) is 8.85. The van der Waals surface area contributed by atoms with Gasteiger partial charge in [0.15, 0.2) is 0 Å². The summed E-state index contributed by atoms with van der Waals surface area (Å²) in [6.07, 6.45) is 0.157. The number of thiophene rings is 1. The van der Waals surface area contributed by atoms with Gasteiger partial charge in [0, 0.05) is 6.42 Å². The number of methoxy groups -OCH3 is 1. The minimum absolute atomic E-state index is 0.0184. The number of primary amides is 1. The molecule has 0 saturated heterocycles. The lowest BCUT2D eigenvalue weighted by molar-refractivity contribution is -0.140. The highest BCUT2D eigenvalue weighted by Gasteiger charge is 2.17. The average molecular weight is 306 g/mol. The van der Waals surface area contributed by atoms with Crippen LogP contribution in [-0.2, 0) is 19.6 Å². The van der Waals surface area contributed by atoms with Crippen LogP contribution in [-0.4, -0.2) is 33.2 Å². The van der Waals surface area contributed by atoms with Crippen molar-refractivity contribution in [3.63, 3.8) is 0 Å². The first kappa shape index (κ1) is 15.4. The summed E-state index contributed by atoms with van der Waals surface area (Å²) in [7, 11) is -2.38. The van der Waals surface area contributed by atoms with Gasteiger partial charge >= 0.3 is 5.97 Å². The van der Waals surface area contributed by atoms with Crippen LogP contribution < -0.4 is 10.5 Å². The van der Waals surface area contributed by atoms with Gasteiger partial charge in [-0.3, -0.25) is 14.3 Å². The molecule has 1 aromatic heterocycles. The summed E-state index contributed by atoms with van der Waals surface area (Å²) < 4.78 is 30.2. The smallest absolute Gasteiger partial charge is 0.305 e. The summed E-state index contributed by atoms with van der Waals surface area (Å²) in [5.74, 6) is -1.41. The van der Waals surface area contributed by atoms with E-state index in [1.807, 2.05) is 0 Å². The number of carbonyl (C=O) groups excluding carboxylic acids is 2. The van der Waals surface area contributed by atoms with E-state index >= 15 is 0 Å². The molecule has 9 heteroatoms. The molecule has 0 saturated carbocycles. The van der Waals surface area contributed by atoms with Crippen LogP contribution in [0, 0.1) is 0 Å². The molecule has 19 heavy (non-hydrogen) atoms. The van der Waals surface area contributed by atoms with Crippen LogP contribution in [0.3, 0.4) is 0 Å². The molecule has 7 nitrogen and oxygen atoms in total. The first-order valence-electron chi connectivity index (χ1n) is 5.30. The van der Waals surface area contributed by atoms with Crippen LogP contribution in [0.2, 0.25) is 0 Å². The average Bonchev–Trinajstić information content (AvgIpc) is 2.75. The molecule has 0 unspecified atom stereocenters. The fourth-order valence-electron chi connectivity index (χ4n) is 1.28. The normalized spacial score (nSPS) is 11.0. The van der Waals surface area contributed by atoms with E-state index in [1.165, 1.54) is 13.2 Å². The maximum atomic E-state index is 11.7. The Morgan fingerprint density at radius 1 is 1.47 bits per heavy atom. The zero-order valence-electron chi connectivity index (χ0n) is 10.2. The molecule has 0 atom stereocenters. The lowest BCUT2D eigenvalue weighted by Gasteiger charge is -2.06. The van der Waals surface area contributed by atoms with Gasteiger partial charge < -0.3 is 10.5 Å². The van der Waals surface area contributed by atoms with Crippen LogP contribution in [0.4, 0.5) is 5.00 Å². The number of sulfonamides is 1. The number of nitrogens with one attached hydrogen (secondary N) is 1. The Balaban J connectivity index is 2.62. The quantitative estimate of drug-likeness (QED) is 0.713. The Morgan fingerprint density at radius 2 is 2.16 bits per heavy atom. The predicted molar refractivity (Wildman–Crippen MR) is 71.5 cm³/mol. The number of hydrogen-bond acceptors (Lipinski definition) is 6. The molecule has 0 bridgehead atoms. The molecule has 1 aromatic rings. The SMILES string of the molecule is COC(=O)CCCS(=O)(=O)Nc1sccc1C(N)=O. The van der Waals surface area contributed by atoms with Crippen molar-refractivity contribution < 1.29 is 22.7 Å². The second-order valence-electron chi connectivity index (χ2n) is 3.63. The van der Waals surface area contributed by atoms with E-state index in [4.69, 9.17) is 5.73 Å². The van der Waals surface area contributed by atoms with Crippen LogP contribution in [0.1, 0.15) is 23.2 Å². The first-order valence-corrected chi connectivity index (χ1v) is 7.83. The van der Waals surface area contributed by atoms with E-state index in [2.05, 4.69) is 9.46 Å². The molecule has 1 amide bonds. The topological polar surface area (TPSA) is 116 Å². The molecular formula is C10H14N2O5S2. The Kier molecular flexibility index (Phi) is 5.31. The zero-order valence-corrected chi connectivity index (χ0v) is 11.8. The highest BCUT2D eigenvalue weighted by Crippen LogP contribution is 2.24. The molecule has 1 heterocycles. The maximum absolute atomic E-state index is 11.7. The third-order valence-electron chi connectivity index (χ3n) is 2.20. The molecule has 0 aliphatic rings. The molecule has 0 aromatic carbocycles. The van der Waals surface area contributed by atoms with Gasteiger partial charge in [-0.1, -0.05) is 0 Å². The number of carbonyl (C=O) groups is 2. The van der Waals surface area contributed by atoms with Crippen molar-refractivity contribution in [2.24, 2.45) is 5.73 Å². The number of hydrogen-bond donors (Lipinski definition) is 2. The van der Waals surface area contributed by atoms with Gasteiger partial charge in [0.25, 0.3) is 5.91 Å². The lowest BCUT2D eigenvalue weighted by Crippen LogP contribution is -2.19. The van der Waals surface area contributed by atoms with Gasteiger partial charge in [-0.05, 0) is 17.9 Å². The minimum atomic E-state index is -3.62. The van der Waals surface area contributed by atoms with Crippen molar-refractivity contribution in [1.29, 1.82) is 0 Å². The largest absolute Gasteiger partial charge is 0.469 e. The minimum Gasteiger partial charge on any atom is -0.469 e. The summed E-state index contributed by atoms with van der Waals surface area (Å²) in [5, 5.41) is 1.75. The van der Waals surface area contributed by atoms with E-state index in [1.54, 1.807) is 5.38 Å². The molecule has 0 spiro atoms. The number of esters is 1. The van der Waals surface area contributed by atoms with Gasteiger partial charge in [-0.15, -0.1) is 11.3 Å². The molecule has 1 rings (SSSR count). The summed E-state index contributed by atoms with van der Waals surface area (Å²) in [4.78, 5) is 21.9. The van der Waals surface area contributed by atoms with E-state index in [9.17, 15) is 18.0 Å². The van der Waals surface area contributed by atoms with Crippen LogP contribution in [0.5, 0.6) is 0 Å². The van der Waals surface area contributed by atoms with E-state index < -0.39 is 21.9 Å². The maximum Gasteiger partial charge on any atom is 0.305 e. The summed E-state index contributed by atoms with van der Waals surface area (Å²) in [5.41, 5.74) is 5.23. The molecule has 0 radical (unpaired) electrons. The molecular weight excluding hydrogens is 292 g/mol. The number of rotatable bonds is 7. The molecule has 0 aliphatic carbocycles. The molecule has 0 aliphatic heterocycles. The van der Waals surface area contributed by atoms with Crippen molar-refractivity contribution in [3.8, 4) is 0 Å². The Morgan fingerprint density at radius 3 is 2.74 bits per heavy atom. The summed E-state index contributed by atoms with van der Waals surface area (Å²) >= 11 is 1.07. The van der Waals surface area contributed by atoms with Crippen LogP contribution in [0.15, 0.2) is 11.4 Å². The molecule has 106 valence electrons. The third-order valence-corrected chi connectivity index (χ3v) is 4.50. The van der Waals surface area contributed by atoms with Gasteiger partial charge in [-0.2, -0.15) is 0 Å². The van der Waals surface area contributed by atoms with Crippen molar-refractivity contribution in [3.05, 3.63) is 17.0 Å². The standard InChI is InChI=1S/C10H14N2O5S2/c1-17-8(13)3-2-6-19(15,16)12-10-7(9(11)14)4-5-18-10/h4-5,12H,2-3,6H2,1H3,(H2,11,14). The van der Waals surface area contributed by atoms with Gasteiger partial charge in [0.1, 0.15) is 5.00 Å². The van der Waals surface area contributed by atoms with Crippen molar-refractivity contribution >= 4 is 38.2 Å². The van der Waals surface area contributed by atoms with Gasteiger partial charge in [0.2, 0.25) is 10.0 Å². The second-order valence-corrected chi connectivity index (χ2v) is 6.39. The summed E-state index contributed by atoms with van der Waals surface area (Å²) in [6.45, 7) is 0. The number of nitrogens with two attached hydrogens (primary N) is 1. The monoisotopic (exact) mass is 306 g/mol. The van der Waals surface area contributed by atoms with Gasteiger partial charge in [0.05, 0.1) is 18.4 Å². The van der Waals surface area contributed by atoms with Crippen LogP contribution >= 0.6 is 11.3 Å². The van der Waals surface area contributed by atoms with Crippen molar-refractivity contribution in [2.45, 2.75) is 12.8 Å². The predicted octanol–water partition coefficient (Wildman–Crippen LogP) is 0.542. The number of amides is 1. The molecule has 3 N–H and O–H groups in total. The highest BCUT2D eigenvalue weighted by molar-refractivity contribution is 7.92. The second kappa shape index (κ2) is 6.53. The van der Waals surface area contributed by atoms with Crippen molar-refractivity contribution in [2.75, 3.05) is 17.6 Å². The molecule has 0 fully saturated rings. The van der Waals surface area contributed by atoms with E-state index in [-0.39, 0.29) is 29.2 Å². The zero-order chi connectivity index (χ0) is 14.5. The van der Waals surface area contributed by atoms with Crippen molar-refractivity contribution in [1.82, 2.24) is 0 Å². The van der Waals surface area contributed by atoms with Crippen LogP contribution in [0.25, 0.3) is 0 Å².